The molecule has 0 radical (unpaired) electrons. The minimum Gasteiger partial charge on any atom is -0.393 e. The summed E-state index contributed by atoms with van der Waals surface area (Å²) in [6, 6.07) is 0. The fourth-order valence-electron chi connectivity index (χ4n) is 6.05. The van der Waals surface area contributed by atoms with E-state index in [9.17, 15) is 10.2 Å². The smallest absolute Gasteiger partial charge is 0.0709 e. The summed E-state index contributed by atoms with van der Waals surface area (Å²) in [6.45, 7) is 11.3. The zero-order chi connectivity index (χ0) is 16.3. The van der Waals surface area contributed by atoms with Crippen molar-refractivity contribution in [2.75, 3.05) is 0 Å². The third-order valence-electron chi connectivity index (χ3n) is 7.27. The van der Waals surface area contributed by atoms with Crippen molar-refractivity contribution in [3.63, 3.8) is 0 Å². The molecule has 3 aliphatic carbocycles. The van der Waals surface area contributed by atoms with Crippen LogP contribution in [0.2, 0.25) is 0 Å². The van der Waals surface area contributed by atoms with E-state index < -0.39 is 5.60 Å². The first-order valence-electron chi connectivity index (χ1n) is 9.27. The van der Waals surface area contributed by atoms with Gasteiger partial charge in [0.1, 0.15) is 0 Å². The Morgan fingerprint density at radius 3 is 2.59 bits per heavy atom. The average molecular weight is 306 g/mol. The monoisotopic (exact) mass is 306 g/mol. The Bertz CT molecular complexity index is 464. The number of aliphatic hydroxyl groups excluding tert-OH is 1. The number of allylic oxidation sites excluding steroid dienone is 1. The summed E-state index contributed by atoms with van der Waals surface area (Å²) in [5.74, 6) is 2.36. The van der Waals surface area contributed by atoms with Gasteiger partial charge >= 0.3 is 0 Å². The normalized spacial score (nSPS) is 52.0. The Morgan fingerprint density at radius 2 is 1.95 bits per heavy atom. The van der Waals surface area contributed by atoms with Gasteiger partial charge in [0.2, 0.25) is 0 Å². The Labute approximate surface area is 136 Å². The van der Waals surface area contributed by atoms with E-state index in [1.807, 2.05) is 6.92 Å². The number of hydrogen-bond donors (Lipinski definition) is 2. The van der Waals surface area contributed by atoms with E-state index >= 15 is 0 Å². The van der Waals surface area contributed by atoms with Gasteiger partial charge in [-0.25, -0.2) is 0 Å². The van der Waals surface area contributed by atoms with Crippen molar-refractivity contribution in [3.05, 3.63) is 11.6 Å². The van der Waals surface area contributed by atoms with Crippen LogP contribution < -0.4 is 0 Å². The molecule has 2 saturated carbocycles. The highest BCUT2D eigenvalue weighted by atomic mass is 16.3. The van der Waals surface area contributed by atoms with Crippen LogP contribution in [0, 0.1) is 35.0 Å². The van der Waals surface area contributed by atoms with Gasteiger partial charge in [0, 0.05) is 5.92 Å². The van der Waals surface area contributed by atoms with Crippen LogP contribution in [0.3, 0.4) is 0 Å². The largest absolute Gasteiger partial charge is 0.393 e. The van der Waals surface area contributed by atoms with Crippen LogP contribution in [0.15, 0.2) is 11.6 Å². The third kappa shape index (κ3) is 2.47. The summed E-state index contributed by atoms with van der Waals surface area (Å²) >= 11 is 0. The van der Waals surface area contributed by atoms with Crippen LogP contribution in [0.5, 0.6) is 0 Å². The van der Waals surface area contributed by atoms with Gasteiger partial charge in [0.25, 0.3) is 0 Å². The van der Waals surface area contributed by atoms with E-state index in [2.05, 4.69) is 33.8 Å². The summed E-state index contributed by atoms with van der Waals surface area (Å²) in [7, 11) is 0. The summed E-state index contributed by atoms with van der Waals surface area (Å²) < 4.78 is 0. The summed E-state index contributed by atoms with van der Waals surface area (Å²) in [5.41, 5.74) is 1.12. The molecule has 0 heterocycles. The molecule has 0 amide bonds. The highest BCUT2D eigenvalue weighted by Crippen LogP contribution is 2.58. The lowest BCUT2D eigenvalue weighted by molar-refractivity contribution is -0.0695. The maximum atomic E-state index is 11.1. The average Bonchev–Trinajstić information content (AvgIpc) is 2.84. The third-order valence-corrected chi connectivity index (χ3v) is 7.27. The highest BCUT2D eigenvalue weighted by molar-refractivity contribution is 5.25. The summed E-state index contributed by atoms with van der Waals surface area (Å²) in [5, 5.41) is 21.6. The molecule has 2 N–H and O–H groups in total. The molecule has 0 unspecified atom stereocenters. The summed E-state index contributed by atoms with van der Waals surface area (Å²) in [6.07, 6.45) is 7.27. The van der Waals surface area contributed by atoms with Crippen LogP contribution in [0.1, 0.15) is 66.7 Å². The zero-order valence-corrected chi connectivity index (χ0v) is 15.0. The maximum Gasteiger partial charge on any atom is 0.0709 e. The Balaban J connectivity index is 2.01. The number of fused-ring (bicyclic) bond motifs is 2. The molecule has 126 valence electrons. The predicted octanol–water partition coefficient (Wildman–Crippen LogP) is 4.16. The first-order valence-corrected chi connectivity index (χ1v) is 9.27. The second-order valence-corrected chi connectivity index (χ2v) is 9.34. The van der Waals surface area contributed by atoms with Gasteiger partial charge in [-0.05, 0) is 68.1 Å². The molecule has 0 aromatic rings. The van der Waals surface area contributed by atoms with Gasteiger partial charge in [-0.2, -0.15) is 0 Å². The van der Waals surface area contributed by atoms with E-state index in [-0.39, 0.29) is 17.4 Å². The molecule has 0 aliphatic heterocycles. The Morgan fingerprint density at radius 1 is 1.27 bits per heavy atom. The van der Waals surface area contributed by atoms with Gasteiger partial charge < -0.3 is 10.2 Å². The topological polar surface area (TPSA) is 40.5 Å². The molecule has 0 bridgehead atoms. The summed E-state index contributed by atoms with van der Waals surface area (Å²) in [4.78, 5) is 0. The van der Waals surface area contributed by atoms with Crippen LogP contribution in [0.25, 0.3) is 0 Å². The molecular weight excluding hydrogens is 272 g/mol. The van der Waals surface area contributed by atoms with Gasteiger partial charge in [0.15, 0.2) is 0 Å². The van der Waals surface area contributed by atoms with Crippen molar-refractivity contribution in [2.45, 2.75) is 78.4 Å². The molecular formula is C20H34O2. The molecule has 0 aromatic heterocycles. The van der Waals surface area contributed by atoms with Crippen molar-refractivity contribution in [3.8, 4) is 0 Å². The van der Waals surface area contributed by atoms with E-state index in [1.165, 1.54) is 12.8 Å². The maximum absolute atomic E-state index is 11.1. The van der Waals surface area contributed by atoms with Crippen LogP contribution in [0.4, 0.5) is 0 Å². The van der Waals surface area contributed by atoms with E-state index in [4.69, 9.17) is 0 Å². The van der Waals surface area contributed by atoms with E-state index in [0.29, 0.717) is 30.1 Å². The minimum atomic E-state index is -0.771. The van der Waals surface area contributed by atoms with Crippen molar-refractivity contribution < 1.29 is 10.2 Å². The molecule has 2 heteroatoms. The predicted molar refractivity (Wildman–Crippen MR) is 90.4 cm³/mol. The minimum absolute atomic E-state index is 0.0372. The van der Waals surface area contributed by atoms with E-state index in [1.54, 1.807) is 5.57 Å². The number of rotatable bonds is 1. The second-order valence-electron chi connectivity index (χ2n) is 9.34. The number of aliphatic hydroxyl groups is 2. The standard InChI is InChI=1S/C20H34O2/c1-12(2)14-6-8-19(4)11-15-13(3)10-17(21)18(15)20(5,22)9-7-16(14)19/h7,12-15,17-18,21-22H,6,8-11H2,1-5H3/t13-,14-,15-,17-,18-,19-,20+/m1/s1. The van der Waals surface area contributed by atoms with Crippen molar-refractivity contribution in [1.82, 2.24) is 0 Å². The molecule has 2 fully saturated rings. The fourth-order valence-corrected chi connectivity index (χ4v) is 6.05. The van der Waals surface area contributed by atoms with Gasteiger partial charge in [-0.1, -0.05) is 39.3 Å². The van der Waals surface area contributed by atoms with E-state index in [0.717, 1.165) is 12.8 Å². The van der Waals surface area contributed by atoms with Crippen LogP contribution in [-0.4, -0.2) is 21.9 Å². The molecule has 0 saturated heterocycles. The number of hydrogen-bond acceptors (Lipinski definition) is 2. The van der Waals surface area contributed by atoms with Crippen molar-refractivity contribution in [2.24, 2.45) is 35.0 Å². The van der Waals surface area contributed by atoms with Gasteiger partial charge in [0.05, 0.1) is 11.7 Å². The molecule has 3 rings (SSSR count). The van der Waals surface area contributed by atoms with Crippen LogP contribution in [-0.2, 0) is 0 Å². The lowest BCUT2D eigenvalue weighted by Crippen LogP contribution is -2.45. The van der Waals surface area contributed by atoms with Gasteiger partial charge in [-0.3, -0.25) is 0 Å². The first-order chi connectivity index (χ1) is 10.2. The molecule has 2 nitrogen and oxygen atoms in total. The lowest BCUT2D eigenvalue weighted by atomic mass is 9.64. The molecule has 3 aliphatic rings. The highest BCUT2D eigenvalue weighted by Gasteiger charge is 2.54. The molecule has 0 aromatic carbocycles. The van der Waals surface area contributed by atoms with Crippen molar-refractivity contribution in [1.29, 1.82) is 0 Å². The fraction of sp³-hybridized carbons (Fsp3) is 0.900. The zero-order valence-electron chi connectivity index (χ0n) is 15.0. The SMILES string of the molecule is CC(C)[C@H]1CC[C@]2(C)C[C@H]3[C@H]([C@H](O)C[C@H]3C)[C@@](C)(O)CC=C12. The lowest BCUT2D eigenvalue weighted by Gasteiger charge is -2.43. The second kappa shape index (κ2) is 5.34. The van der Waals surface area contributed by atoms with Crippen LogP contribution >= 0.6 is 0 Å². The Hall–Kier alpha value is -0.340. The molecule has 22 heavy (non-hydrogen) atoms. The first kappa shape index (κ1) is 16.5. The molecule has 7 atom stereocenters. The Kier molecular flexibility index (Phi) is 4.01. The van der Waals surface area contributed by atoms with Gasteiger partial charge in [-0.15, -0.1) is 0 Å². The van der Waals surface area contributed by atoms with Crippen molar-refractivity contribution >= 4 is 0 Å². The molecule has 0 spiro atoms. The quantitative estimate of drug-likeness (QED) is 0.714.